The summed E-state index contributed by atoms with van der Waals surface area (Å²) in [7, 11) is 0. The third-order valence-corrected chi connectivity index (χ3v) is 4.98. The lowest BCUT2D eigenvalue weighted by molar-refractivity contribution is -0.134. The monoisotopic (exact) mass is 416 g/mol. The molecule has 2 amide bonds. The molecule has 0 radical (unpaired) electrons. The number of hydrogen-bond acceptors (Lipinski definition) is 2. The number of benzene rings is 2. The highest BCUT2D eigenvalue weighted by atomic mass is 19.4. The van der Waals surface area contributed by atoms with Crippen LogP contribution >= 0.6 is 0 Å². The zero-order valence-electron chi connectivity index (χ0n) is 16.4. The van der Waals surface area contributed by atoms with Crippen LogP contribution in [-0.4, -0.2) is 42.0 Å². The van der Waals surface area contributed by atoms with Gasteiger partial charge in [0.15, 0.2) is 0 Å². The molecule has 1 aliphatic rings. The van der Waals surface area contributed by atoms with Crippen molar-refractivity contribution in [1.82, 2.24) is 10.2 Å². The van der Waals surface area contributed by atoms with Crippen LogP contribution in [0.5, 0.6) is 0 Å². The number of carbonyl (C=O) groups excluding carboxylic acids is 2. The summed E-state index contributed by atoms with van der Waals surface area (Å²) in [5, 5.41) is 2.51. The molecule has 158 valence electrons. The molecular weight excluding hydrogens is 393 g/mol. The maximum absolute atomic E-state index is 13.5. The largest absolute Gasteiger partial charge is 0.417 e. The normalized spacial score (nSPS) is 15.7. The van der Waals surface area contributed by atoms with Crippen molar-refractivity contribution in [3.8, 4) is 0 Å². The van der Waals surface area contributed by atoms with Crippen LogP contribution in [0.25, 0.3) is 5.57 Å². The molecule has 1 atom stereocenters. The second-order valence-electron chi connectivity index (χ2n) is 7.21. The summed E-state index contributed by atoms with van der Waals surface area (Å²) in [6.07, 6.45) is -2.20. The molecule has 2 aromatic carbocycles. The van der Waals surface area contributed by atoms with Crippen LogP contribution in [0.15, 0.2) is 66.7 Å². The highest BCUT2D eigenvalue weighted by Crippen LogP contribution is 2.33. The number of amides is 2. The molecule has 7 heteroatoms. The van der Waals surface area contributed by atoms with E-state index in [0.29, 0.717) is 19.2 Å². The molecule has 0 aliphatic carbocycles. The quantitative estimate of drug-likeness (QED) is 0.725. The van der Waals surface area contributed by atoms with Crippen molar-refractivity contribution in [2.24, 2.45) is 0 Å². The first-order valence-corrected chi connectivity index (χ1v) is 9.82. The van der Waals surface area contributed by atoms with Crippen molar-refractivity contribution >= 4 is 17.4 Å². The number of carbonyl (C=O) groups is 2. The number of halogens is 3. The molecule has 0 spiro atoms. The van der Waals surface area contributed by atoms with Gasteiger partial charge in [-0.25, -0.2) is 0 Å². The second kappa shape index (κ2) is 9.61. The van der Waals surface area contributed by atoms with Crippen molar-refractivity contribution in [3.63, 3.8) is 0 Å². The third kappa shape index (κ3) is 5.72. The van der Waals surface area contributed by atoms with E-state index in [2.05, 4.69) is 5.32 Å². The Hall–Kier alpha value is -3.09. The Morgan fingerprint density at radius 2 is 1.53 bits per heavy atom. The van der Waals surface area contributed by atoms with E-state index in [9.17, 15) is 22.8 Å². The molecular formula is C23H23F3N2O2. The Bertz CT molecular complexity index is 890. The van der Waals surface area contributed by atoms with E-state index in [0.717, 1.165) is 18.4 Å². The van der Waals surface area contributed by atoms with Crippen LogP contribution in [0.4, 0.5) is 13.2 Å². The maximum Gasteiger partial charge on any atom is 0.417 e. The summed E-state index contributed by atoms with van der Waals surface area (Å²) in [6, 6.07) is 15.3. The maximum atomic E-state index is 13.5. The van der Waals surface area contributed by atoms with E-state index in [1.165, 1.54) is 24.3 Å². The lowest BCUT2D eigenvalue weighted by Crippen LogP contribution is -2.48. The van der Waals surface area contributed by atoms with Crippen molar-refractivity contribution in [2.75, 3.05) is 13.1 Å². The Balaban J connectivity index is 1.83. The van der Waals surface area contributed by atoms with Crippen LogP contribution in [0, 0.1) is 0 Å². The summed E-state index contributed by atoms with van der Waals surface area (Å²) in [5.74, 6) is -1.22. The molecule has 3 rings (SSSR count). The molecule has 1 fully saturated rings. The molecule has 1 aliphatic heterocycles. The van der Waals surface area contributed by atoms with Gasteiger partial charge in [-0.1, -0.05) is 60.7 Å². The summed E-state index contributed by atoms with van der Waals surface area (Å²) >= 11 is 0. The first-order chi connectivity index (χ1) is 14.3. The second-order valence-corrected chi connectivity index (χ2v) is 7.21. The molecule has 0 aromatic heterocycles. The summed E-state index contributed by atoms with van der Waals surface area (Å²) in [6.45, 7) is 1.18. The number of rotatable bonds is 6. The van der Waals surface area contributed by atoms with Gasteiger partial charge in [-0.2, -0.15) is 13.2 Å². The van der Waals surface area contributed by atoms with Crippen LogP contribution in [-0.2, 0) is 16.0 Å². The number of nitrogens with zero attached hydrogens (tertiary/aromatic N) is 1. The van der Waals surface area contributed by atoms with Gasteiger partial charge in [-0.05, 0) is 24.0 Å². The first kappa shape index (κ1) is 21.6. The van der Waals surface area contributed by atoms with E-state index in [1.54, 1.807) is 11.0 Å². The fraction of sp³-hybridized carbons (Fsp3) is 0.304. The van der Waals surface area contributed by atoms with E-state index in [4.69, 9.17) is 0 Å². The van der Waals surface area contributed by atoms with Crippen LogP contribution < -0.4 is 5.32 Å². The van der Waals surface area contributed by atoms with Crippen LogP contribution in [0.2, 0.25) is 0 Å². The Kier molecular flexibility index (Phi) is 6.92. The molecule has 1 unspecified atom stereocenters. The Morgan fingerprint density at radius 3 is 2.10 bits per heavy atom. The van der Waals surface area contributed by atoms with Crippen molar-refractivity contribution in [3.05, 3.63) is 77.9 Å². The zero-order chi connectivity index (χ0) is 21.6. The van der Waals surface area contributed by atoms with Gasteiger partial charge in [0.2, 0.25) is 11.8 Å². The van der Waals surface area contributed by atoms with Gasteiger partial charge in [0, 0.05) is 25.6 Å². The van der Waals surface area contributed by atoms with Gasteiger partial charge in [0.1, 0.15) is 6.04 Å². The molecule has 4 nitrogen and oxygen atoms in total. The van der Waals surface area contributed by atoms with Gasteiger partial charge in [-0.3, -0.25) is 9.59 Å². The fourth-order valence-electron chi connectivity index (χ4n) is 3.50. The minimum atomic E-state index is -4.70. The molecule has 0 bridgehead atoms. The predicted octanol–water partition coefficient (Wildman–Crippen LogP) is 3.98. The lowest BCUT2D eigenvalue weighted by Gasteiger charge is -2.24. The average Bonchev–Trinajstić information content (AvgIpc) is 3.26. The minimum Gasteiger partial charge on any atom is -0.341 e. The number of hydrogen-bond donors (Lipinski definition) is 1. The average molecular weight is 416 g/mol. The standard InChI is InChI=1S/C23H23F3N2O2/c24-23(25,26)19(18-11-5-2-6-12-18)16-21(29)27-20(15-17-9-3-1-4-10-17)22(30)28-13-7-8-14-28/h1-6,9-12,16,20H,7-8,13-15H2,(H,27,29). The van der Waals surface area contributed by atoms with Crippen molar-refractivity contribution < 1.29 is 22.8 Å². The highest BCUT2D eigenvalue weighted by Gasteiger charge is 2.36. The van der Waals surface area contributed by atoms with E-state index in [1.807, 2.05) is 30.3 Å². The van der Waals surface area contributed by atoms with Gasteiger partial charge in [-0.15, -0.1) is 0 Å². The lowest BCUT2D eigenvalue weighted by atomic mass is 10.0. The van der Waals surface area contributed by atoms with Crippen molar-refractivity contribution in [2.45, 2.75) is 31.5 Å². The molecule has 1 N–H and O–H groups in total. The fourth-order valence-corrected chi connectivity index (χ4v) is 3.50. The van der Waals surface area contributed by atoms with Crippen molar-refractivity contribution in [1.29, 1.82) is 0 Å². The minimum absolute atomic E-state index is 0.106. The Morgan fingerprint density at radius 1 is 0.967 bits per heavy atom. The molecule has 1 saturated heterocycles. The predicted molar refractivity (Wildman–Crippen MR) is 108 cm³/mol. The topological polar surface area (TPSA) is 49.4 Å². The van der Waals surface area contributed by atoms with Gasteiger partial charge in [0.05, 0.1) is 5.57 Å². The van der Waals surface area contributed by atoms with Gasteiger partial charge < -0.3 is 10.2 Å². The highest BCUT2D eigenvalue weighted by molar-refractivity contribution is 5.98. The zero-order valence-corrected chi connectivity index (χ0v) is 16.4. The number of nitrogens with one attached hydrogen (secondary N) is 1. The number of allylic oxidation sites excluding steroid dienone is 1. The van der Waals surface area contributed by atoms with Crippen LogP contribution in [0.1, 0.15) is 24.0 Å². The van der Waals surface area contributed by atoms with Gasteiger partial charge in [0.25, 0.3) is 0 Å². The molecule has 30 heavy (non-hydrogen) atoms. The summed E-state index contributed by atoms with van der Waals surface area (Å²) < 4.78 is 40.6. The Labute approximate surface area is 173 Å². The molecule has 1 heterocycles. The summed E-state index contributed by atoms with van der Waals surface area (Å²) in [4.78, 5) is 27.1. The van der Waals surface area contributed by atoms with E-state index in [-0.39, 0.29) is 17.9 Å². The molecule has 0 saturated carbocycles. The number of likely N-dealkylation sites (tertiary alicyclic amines) is 1. The molecule has 2 aromatic rings. The SMILES string of the molecule is O=C(C=C(c1ccccc1)C(F)(F)F)NC(Cc1ccccc1)C(=O)N1CCCC1. The first-order valence-electron chi connectivity index (χ1n) is 9.82. The third-order valence-electron chi connectivity index (χ3n) is 4.98. The van der Waals surface area contributed by atoms with Crippen LogP contribution in [0.3, 0.4) is 0 Å². The van der Waals surface area contributed by atoms with Gasteiger partial charge >= 0.3 is 6.18 Å². The smallest absolute Gasteiger partial charge is 0.341 e. The number of alkyl halides is 3. The van der Waals surface area contributed by atoms with E-state index < -0.39 is 23.7 Å². The summed E-state index contributed by atoms with van der Waals surface area (Å²) in [5.41, 5.74) is -0.336. The van der Waals surface area contributed by atoms with E-state index >= 15 is 0 Å².